The molecule has 2 rings (SSSR count). The second kappa shape index (κ2) is 4.44. The fourth-order valence-electron chi connectivity index (χ4n) is 1.43. The van der Waals surface area contributed by atoms with Gasteiger partial charge in [-0.15, -0.1) is 0 Å². The Bertz CT molecular complexity index is 553. The maximum absolute atomic E-state index is 12.7. The molecule has 0 atom stereocenters. The molecule has 0 bridgehead atoms. The van der Waals surface area contributed by atoms with Crippen LogP contribution in [0, 0.1) is 0 Å². The first-order valence-electron chi connectivity index (χ1n) is 4.93. The summed E-state index contributed by atoms with van der Waals surface area (Å²) in [6, 6.07) is 1.15. The molecule has 90 valence electrons. The van der Waals surface area contributed by atoms with Gasteiger partial charge in [0, 0.05) is 6.20 Å². The van der Waals surface area contributed by atoms with Crippen molar-refractivity contribution < 1.29 is 18.3 Å². The van der Waals surface area contributed by atoms with Crippen LogP contribution in [0.1, 0.15) is 29.4 Å². The molecule has 2 aromatic heterocycles. The molecule has 0 saturated heterocycles. The highest BCUT2D eigenvalue weighted by Crippen LogP contribution is 2.20. The van der Waals surface area contributed by atoms with Crippen LogP contribution in [-0.2, 0) is 4.74 Å². The third-order valence-corrected chi connectivity index (χ3v) is 2.15. The predicted octanol–water partition coefficient (Wildman–Crippen LogP) is 1.84. The van der Waals surface area contributed by atoms with Crippen LogP contribution in [0.5, 0.6) is 0 Å². The normalized spacial score (nSPS) is 11.1. The molecule has 0 amide bonds. The molecule has 0 aromatic carbocycles. The molecule has 2 heterocycles. The number of aromatic nitrogens is 3. The number of ether oxygens (including phenoxy) is 1. The van der Waals surface area contributed by atoms with E-state index in [-0.39, 0.29) is 23.5 Å². The van der Waals surface area contributed by atoms with Gasteiger partial charge in [-0.1, -0.05) is 0 Å². The van der Waals surface area contributed by atoms with E-state index in [0.717, 1.165) is 10.6 Å². The average Bonchev–Trinajstić information content (AvgIpc) is 2.72. The van der Waals surface area contributed by atoms with Crippen molar-refractivity contribution in [1.29, 1.82) is 0 Å². The van der Waals surface area contributed by atoms with Gasteiger partial charge in [-0.25, -0.2) is 23.1 Å². The van der Waals surface area contributed by atoms with Crippen LogP contribution < -0.4 is 0 Å². The van der Waals surface area contributed by atoms with Gasteiger partial charge in [0.15, 0.2) is 5.65 Å². The minimum absolute atomic E-state index is 0.0706. The van der Waals surface area contributed by atoms with Crippen LogP contribution in [0.25, 0.3) is 5.65 Å². The van der Waals surface area contributed by atoms with Crippen LogP contribution in [-0.4, -0.2) is 27.2 Å². The lowest BCUT2D eigenvalue weighted by Gasteiger charge is -2.03. The first-order chi connectivity index (χ1) is 8.15. The highest BCUT2D eigenvalue weighted by Gasteiger charge is 2.19. The molecule has 0 fully saturated rings. The van der Waals surface area contributed by atoms with Crippen molar-refractivity contribution >= 4 is 11.6 Å². The molecular weight excluding hydrogens is 232 g/mol. The van der Waals surface area contributed by atoms with Crippen molar-refractivity contribution in [2.75, 3.05) is 6.61 Å². The van der Waals surface area contributed by atoms with Gasteiger partial charge in [-0.05, 0) is 13.0 Å². The van der Waals surface area contributed by atoms with Gasteiger partial charge in [0.2, 0.25) is 0 Å². The van der Waals surface area contributed by atoms with Crippen LogP contribution in [0.2, 0.25) is 0 Å². The van der Waals surface area contributed by atoms with Gasteiger partial charge < -0.3 is 4.74 Å². The number of esters is 1. The second-order valence-corrected chi connectivity index (χ2v) is 3.18. The lowest BCUT2D eigenvalue weighted by molar-refractivity contribution is 0.0528. The van der Waals surface area contributed by atoms with E-state index in [1.165, 1.54) is 12.4 Å². The van der Waals surface area contributed by atoms with Gasteiger partial charge in [-0.3, -0.25) is 0 Å². The average molecular weight is 241 g/mol. The van der Waals surface area contributed by atoms with E-state index >= 15 is 0 Å². The number of hydrogen-bond donors (Lipinski definition) is 0. The van der Waals surface area contributed by atoms with Gasteiger partial charge in [0.1, 0.15) is 11.3 Å². The first kappa shape index (κ1) is 11.4. The SMILES string of the molecule is CCOC(=O)c1cnn2c(C(F)F)ccnc12. The zero-order valence-corrected chi connectivity index (χ0v) is 8.93. The molecule has 0 spiro atoms. The Kier molecular flexibility index (Phi) is 2.99. The topological polar surface area (TPSA) is 56.5 Å². The number of alkyl halides is 2. The Balaban J connectivity index is 2.55. The zero-order valence-electron chi connectivity index (χ0n) is 8.93. The van der Waals surface area contributed by atoms with E-state index in [2.05, 4.69) is 10.1 Å². The minimum atomic E-state index is -2.68. The largest absolute Gasteiger partial charge is 0.462 e. The molecule has 0 unspecified atom stereocenters. The maximum Gasteiger partial charge on any atom is 0.343 e. The first-order valence-corrected chi connectivity index (χ1v) is 4.93. The number of fused-ring (bicyclic) bond motifs is 1. The van der Waals surface area contributed by atoms with Crippen molar-refractivity contribution in [3.8, 4) is 0 Å². The van der Waals surface area contributed by atoms with Gasteiger partial charge >= 0.3 is 5.97 Å². The Morgan fingerprint density at radius 1 is 1.59 bits per heavy atom. The Labute approximate surface area is 95.0 Å². The summed E-state index contributed by atoms with van der Waals surface area (Å²) in [4.78, 5) is 15.4. The molecule has 0 radical (unpaired) electrons. The lowest BCUT2D eigenvalue weighted by Crippen LogP contribution is -2.06. The molecule has 0 aliphatic carbocycles. The standard InChI is InChI=1S/C10H9F2N3O2/c1-2-17-10(16)6-5-14-15-7(8(11)12)3-4-13-9(6)15/h3-5,8H,2H2,1H3. The van der Waals surface area contributed by atoms with Crippen molar-refractivity contribution in [2.24, 2.45) is 0 Å². The maximum atomic E-state index is 12.7. The number of halogens is 2. The zero-order chi connectivity index (χ0) is 12.4. The summed E-state index contributed by atoms with van der Waals surface area (Å²) in [5.41, 5.74) is -0.166. The number of carbonyl (C=O) groups is 1. The Morgan fingerprint density at radius 3 is 3.00 bits per heavy atom. The summed E-state index contributed by atoms with van der Waals surface area (Å²) >= 11 is 0. The molecule has 7 heteroatoms. The lowest BCUT2D eigenvalue weighted by atomic mass is 10.3. The van der Waals surface area contributed by atoms with E-state index < -0.39 is 12.4 Å². The molecule has 5 nitrogen and oxygen atoms in total. The van der Waals surface area contributed by atoms with Crippen LogP contribution in [0.15, 0.2) is 18.5 Å². The molecule has 0 aliphatic heterocycles. The summed E-state index contributed by atoms with van der Waals surface area (Å²) in [6.07, 6.45) is -0.302. The van der Waals surface area contributed by atoms with Crippen LogP contribution in [0.3, 0.4) is 0 Å². The number of rotatable bonds is 3. The summed E-state index contributed by atoms with van der Waals surface area (Å²) in [5.74, 6) is -0.624. The monoisotopic (exact) mass is 241 g/mol. The smallest absolute Gasteiger partial charge is 0.343 e. The fraction of sp³-hybridized carbons (Fsp3) is 0.300. The Morgan fingerprint density at radius 2 is 2.35 bits per heavy atom. The van der Waals surface area contributed by atoms with E-state index in [1.54, 1.807) is 6.92 Å². The third kappa shape index (κ3) is 1.95. The van der Waals surface area contributed by atoms with E-state index in [1.807, 2.05) is 0 Å². The molecular formula is C10H9F2N3O2. The summed E-state index contributed by atoms with van der Waals surface area (Å²) in [5, 5.41) is 3.72. The molecule has 0 saturated carbocycles. The van der Waals surface area contributed by atoms with Crippen molar-refractivity contribution in [2.45, 2.75) is 13.3 Å². The molecule has 17 heavy (non-hydrogen) atoms. The highest BCUT2D eigenvalue weighted by atomic mass is 19.3. The number of carbonyl (C=O) groups excluding carboxylic acids is 1. The van der Waals surface area contributed by atoms with E-state index in [0.29, 0.717) is 0 Å². The molecule has 0 aliphatic rings. The fourth-order valence-corrected chi connectivity index (χ4v) is 1.43. The summed E-state index contributed by atoms with van der Waals surface area (Å²) in [7, 11) is 0. The van der Waals surface area contributed by atoms with Crippen molar-refractivity contribution in [3.05, 3.63) is 29.7 Å². The second-order valence-electron chi connectivity index (χ2n) is 3.18. The van der Waals surface area contributed by atoms with Crippen LogP contribution >= 0.6 is 0 Å². The number of hydrogen-bond acceptors (Lipinski definition) is 4. The minimum Gasteiger partial charge on any atom is -0.462 e. The van der Waals surface area contributed by atoms with E-state index in [4.69, 9.17) is 4.74 Å². The Hall–Kier alpha value is -2.05. The van der Waals surface area contributed by atoms with Crippen LogP contribution in [0.4, 0.5) is 8.78 Å². The predicted molar refractivity (Wildman–Crippen MR) is 53.9 cm³/mol. The third-order valence-electron chi connectivity index (χ3n) is 2.15. The quantitative estimate of drug-likeness (QED) is 0.769. The van der Waals surface area contributed by atoms with Crippen molar-refractivity contribution in [3.63, 3.8) is 0 Å². The summed E-state index contributed by atoms with van der Waals surface area (Å²) in [6.45, 7) is 1.85. The van der Waals surface area contributed by atoms with Gasteiger partial charge in [0.25, 0.3) is 6.43 Å². The molecule has 2 aromatic rings. The molecule has 0 N–H and O–H groups in total. The van der Waals surface area contributed by atoms with Crippen molar-refractivity contribution in [1.82, 2.24) is 14.6 Å². The summed E-state index contributed by atoms with van der Waals surface area (Å²) < 4.78 is 31.0. The highest BCUT2D eigenvalue weighted by molar-refractivity contribution is 5.95. The van der Waals surface area contributed by atoms with Gasteiger partial charge in [0.05, 0.1) is 12.8 Å². The van der Waals surface area contributed by atoms with Gasteiger partial charge in [-0.2, -0.15) is 5.10 Å². The van der Waals surface area contributed by atoms with E-state index in [9.17, 15) is 13.6 Å². The number of nitrogens with zero attached hydrogens (tertiary/aromatic N) is 3.